The number of primary amides is 1. The number of carbonyl (C=O) groups excluding carboxylic acids is 1. The predicted molar refractivity (Wildman–Crippen MR) is 109 cm³/mol. The number of amides is 1. The minimum atomic E-state index is -4.10. The second-order valence-electron chi connectivity index (χ2n) is 6.48. The first kappa shape index (κ1) is 20.9. The normalized spacial score (nSPS) is 16.2. The number of rotatable bonds is 6. The molecule has 1 fully saturated rings. The Morgan fingerprint density at radius 1 is 1.14 bits per heavy atom. The van der Waals surface area contributed by atoms with Gasteiger partial charge in [-0.3, -0.25) is 13.8 Å². The summed E-state index contributed by atoms with van der Waals surface area (Å²) in [5, 5.41) is 0. The Hall–Kier alpha value is -2.79. The van der Waals surface area contributed by atoms with Crippen LogP contribution in [0, 0.1) is 0 Å². The van der Waals surface area contributed by atoms with Crippen LogP contribution >= 0.6 is 0 Å². The van der Waals surface area contributed by atoms with Crippen molar-refractivity contribution in [2.45, 2.75) is 17.7 Å². The highest BCUT2D eigenvalue weighted by Gasteiger charge is 2.28. The first-order valence-corrected chi connectivity index (χ1v) is 11.8. The highest BCUT2D eigenvalue weighted by Crippen LogP contribution is 2.32. The molecule has 0 unspecified atom stereocenters. The molecule has 3 rings (SSSR count). The molecule has 0 aromatic heterocycles. The van der Waals surface area contributed by atoms with Crippen LogP contribution in [-0.2, 0) is 20.0 Å². The Bertz CT molecular complexity index is 1130. The highest BCUT2D eigenvalue weighted by molar-refractivity contribution is 7.93. The van der Waals surface area contributed by atoms with E-state index in [0.29, 0.717) is 12.8 Å². The molecule has 2 aromatic carbocycles. The summed E-state index contributed by atoms with van der Waals surface area (Å²) in [5.41, 5.74) is 5.90. The summed E-state index contributed by atoms with van der Waals surface area (Å²) < 4.78 is 59.4. The molecule has 1 amide bonds. The van der Waals surface area contributed by atoms with Gasteiger partial charge in [-0.05, 0) is 55.3 Å². The molecule has 0 bridgehead atoms. The number of carbonyl (C=O) groups is 1. The first-order chi connectivity index (χ1) is 13.6. The van der Waals surface area contributed by atoms with Gasteiger partial charge in [0.25, 0.3) is 10.0 Å². The number of hydrogen-bond donors (Lipinski definition) is 2. The topological polar surface area (TPSA) is 136 Å². The molecule has 3 N–H and O–H groups in total. The van der Waals surface area contributed by atoms with E-state index in [4.69, 9.17) is 10.5 Å². The lowest BCUT2D eigenvalue weighted by atomic mass is 10.2. The van der Waals surface area contributed by atoms with E-state index in [1.54, 1.807) is 0 Å². The number of nitrogens with zero attached hydrogens (tertiary/aromatic N) is 1. The van der Waals surface area contributed by atoms with Crippen molar-refractivity contribution in [3.8, 4) is 5.75 Å². The molecule has 1 saturated heterocycles. The van der Waals surface area contributed by atoms with E-state index in [-0.39, 0.29) is 39.9 Å². The van der Waals surface area contributed by atoms with Gasteiger partial charge >= 0.3 is 0 Å². The van der Waals surface area contributed by atoms with Gasteiger partial charge in [-0.25, -0.2) is 16.8 Å². The minimum absolute atomic E-state index is 0.0194. The monoisotopic (exact) mass is 439 g/mol. The Morgan fingerprint density at radius 3 is 2.41 bits per heavy atom. The summed E-state index contributed by atoms with van der Waals surface area (Å²) in [4.78, 5) is 11.0. The zero-order valence-corrected chi connectivity index (χ0v) is 17.3. The van der Waals surface area contributed by atoms with Crippen LogP contribution < -0.4 is 19.5 Å². The molecule has 156 valence electrons. The molecule has 1 aliphatic heterocycles. The fraction of sp³-hybridized carbons (Fsp3) is 0.278. The van der Waals surface area contributed by atoms with Crippen LogP contribution in [0.2, 0.25) is 0 Å². The van der Waals surface area contributed by atoms with Crippen molar-refractivity contribution < 1.29 is 26.4 Å². The van der Waals surface area contributed by atoms with Crippen LogP contribution in [-0.4, -0.2) is 42.2 Å². The number of hydrogen-bond acceptors (Lipinski definition) is 6. The molecule has 0 saturated carbocycles. The molecule has 0 radical (unpaired) electrons. The molecule has 11 heteroatoms. The van der Waals surface area contributed by atoms with Gasteiger partial charge in [0.1, 0.15) is 10.6 Å². The standard InChI is InChI=1S/C18H21N3O6S2/c1-27-16-9-8-15(21-10-2-3-11-28(21,23)24)12-17(16)29(25,26)20-14-6-4-13(5-7-14)18(19)22/h4-9,12,20H,2-3,10-11H2,1H3,(H2,19,22). The van der Waals surface area contributed by atoms with Gasteiger partial charge in [-0.15, -0.1) is 0 Å². The Balaban J connectivity index is 1.98. The molecule has 1 heterocycles. The van der Waals surface area contributed by atoms with Gasteiger partial charge < -0.3 is 10.5 Å². The van der Waals surface area contributed by atoms with Crippen LogP contribution in [0.25, 0.3) is 0 Å². The second-order valence-corrected chi connectivity index (χ2v) is 10.1. The van der Waals surface area contributed by atoms with Crippen LogP contribution in [0.3, 0.4) is 0 Å². The van der Waals surface area contributed by atoms with Crippen LogP contribution in [0.4, 0.5) is 11.4 Å². The molecule has 9 nitrogen and oxygen atoms in total. The van der Waals surface area contributed by atoms with E-state index in [2.05, 4.69) is 4.72 Å². The Labute approximate surface area is 169 Å². The van der Waals surface area contributed by atoms with E-state index >= 15 is 0 Å². The summed E-state index contributed by atoms with van der Waals surface area (Å²) in [6.45, 7) is 0.288. The third-order valence-corrected chi connectivity index (χ3v) is 7.77. The van der Waals surface area contributed by atoms with Gasteiger partial charge in [0, 0.05) is 17.8 Å². The SMILES string of the molecule is COc1ccc(N2CCCCS2(=O)=O)cc1S(=O)(=O)Nc1ccc(C(N)=O)cc1. The number of anilines is 2. The van der Waals surface area contributed by atoms with Crippen LogP contribution in [0.15, 0.2) is 47.4 Å². The molecule has 1 aliphatic rings. The van der Waals surface area contributed by atoms with Crippen molar-refractivity contribution >= 4 is 37.3 Å². The van der Waals surface area contributed by atoms with Gasteiger partial charge in [-0.1, -0.05) is 0 Å². The lowest BCUT2D eigenvalue weighted by Crippen LogP contribution is -2.37. The van der Waals surface area contributed by atoms with Gasteiger partial charge in [-0.2, -0.15) is 0 Å². The molecule has 2 aromatic rings. The van der Waals surface area contributed by atoms with Crippen molar-refractivity contribution in [2.24, 2.45) is 5.73 Å². The maximum absolute atomic E-state index is 12.9. The lowest BCUT2D eigenvalue weighted by Gasteiger charge is -2.28. The third kappa shape index (κ3) is 4.46. The van der Waals surface area contributed by atoms with Crippen LogP contribution in [0.5, 0.6) is 5.75 Å². The van der Waals surface area contributed by atoms with Crippen molar-refractivity contribution in [2.75, 3.05) is 28.4 Å². The summed E-state index contributed by atoms with van der Waals surface area (Å²) in [7, 11) is -6.27. The second kappa shape index (κ2) is 7.91. The van der Waals surface area contributed by atoms with Gasteiger partial charge in [0.05, 0.1) is 18.6 Å². The number of benzene rings is 2. The molecule has 29 heavy (non-hydrogen) atoms. The van der Waals surface area contributed by atoms with Crippen molar-refractivity contribution in [1.29, 1.82) is 0 Å². The fourth-order valence-corrected chi connectivity index (χ4v) is 5.90. The summed E-state index contributed by atoms with van der Waals surface area (Å²) in [6, 6.07) is 9.82. The van der Waals surface area contributed by atoms with E-state index < -0.39 is 26.0 Å². The molecular formula is C18H21N3O6S2. The quantitative estimate of drug-likeness (QED) is 0.700. The molecule has 0 spiro atoms. The van der Waals surface area contributed by atoms with E-state index in [0.717, 1.165) is 0 Å². The Morgan fingerprint density at radius 2 is 1.83 bits per heavy atom. The predicted octanol–water partition coefficient (Wildman–Crippen LogP) is 1.52. The maximum atomic E-state index is 12.9. The average Bonchev–Trinajstić information content (AvgIpc) is 2.67. The van der Waals surface area contributed by atoms with Crippen molar-refractivity contribution in [3.05, 3.63) is 48.0 Å². The van der Waals surface area contributed by atoms with E-state index in [1.807, 2.05) is 0 Å². The smallest absolute Gasteiger partial charge is 0.265 e. The number of methoxy groups -OCH3 is 1. The summed E-state index contributed by atoms with van der Waals surface area (Å²) in [5.74, 6) is -0.535. The largest absolute Gasteiger partial charge is 0.495 e. The third-order valence-electron chi connectivity index (χ3n) is 4.50. The maximum Gasteiger partial charge on any atom is 0.265 e. The van der Waals surface area contributed by atoms with Crippen molar-refractivity contribution in [3.63, 3.8) is 0 Å². The van der Waals surface area contributed by atoms with E-state index in [9.17, 15) is 21.6 Å². The number of nitrogens with two attached hydrogens (primary N) is 1. The van der Waals surface area contributed by atoms with Crippen LogP contribution in [0.1, 0.15) is 23.2 Å². The minimum Gasteiger partial charge on any atom is -0.495 e. The van der Waals surface area contributed by atoms with Crippen molar-refractivity contribution in [1.82, 2.24) is 0 Å². The fourth-order valence-electron chi connectivity index (χ4n) is 3.02. The average molecular weight is 440 g/mol. The van der Waals surface area contributed by atoms with E-state index in [1.165, 1.54) is 53.9 Å². The summed E-state index contributed by atoms with van der Waals surface area (Å²) in [6.07, 6.45) is 1.26. The molecule has 0 atom stereocenters. The highest BCUT2D eigenvalue weighted by atomic mass is 32.2. The zero-order valence-electron chi connectivity index (χ0n) is 15.7. The molecule has 0 aliphatic carbocycles. The zero-order chi connectivity index (χ0) is 21.2. The summed E-state index contributed by atoms with van der Waals surface area (Å²) >= 11 is 0. The Kier molecular flexibility index (Phi) is 5.71. The number of nitrogens with one attached hydrogen (secondary N) is 1. The lowest BCUT2D eigenvalue weighted by molar-refractivity contribution is 0.100. The number of sulfonamides is 2. The first-order valence-electron chi connectivity index (χ1n) is 8.75. The number of ether oxygens (including phenoxy) is 1. The van der Waals surface area contributed by atoms with Gasteiger partial charge in [0.15, 0.2) is 0 Å². The van der Waals surface area contributed by atoms with Gasteiger partial charge in [0.2, 0.25) is 15.9 Å². The molecular weight excluding hydrogens is 418 g/mol.